The Bertz CT molecular complexity index is 1290. The fourth-order valence-electron chi connectivity index (χ4n) is 2.94. The number of amides is 1. The topological polar surface area (TPSA) is 126 Å². The molecular formula is C23H20N6O3S. The number of thioether (sulfide) groups is 1. The molecule has 0 unspecified atom stereocenters. The summed E-state index contributed by atoms with van der Waals surface area (Å²) in [5.41, 5.74) is 5.84. The summed E-state index contributed by atoms with van der Waals surface area (Å²) in [6.07, 6.45) is 4.75. The lowest BCUT2D eigenvalue weighted by atomic mass is 10.2. The second-order valence-corrected chi connectivity index (χ2v) is 7.99. The molecular weight excluding hydrogens is 440 g/mol. The molecule has 4 aromatic rings. The molecule has 0 aliphatic rings. The molecule has 0 radical (unpaired) electrons. The molecule has 33 heavy (non-hydrogen) atoms. The molecule has 0 saturated carbocycles. The standard InChI is InChI=1S/C23H20N6O3S/c1-15-2-5-18(6-3-15)29-22(17-8-10-24-11-9-17)27-28-23(29)33-14-21(32)26-25-13-16-4-7-19(30)20(31)12-16/h2-13,30-31H,14H2,1H3,(H,26,32)/b25-13-. The van der Waals surface area contributed by atoms with E-state index in [1.54, 1.807) is 18.5 Å². The van der Waals surface area contributed by atoms with Crippen LogP contribution in [0.3, 0.4) is 0 Å². The number of aryl methyl sites for hydroxylation is 1. The molecule has 10 heteroatoms. The minimum Gasteiger partial charge on any atom is -0.504 e. The quantitative estimate of drug-likeness (QED) is 0.167. The van der Waals surface area contributed by atoms with Gasteiger partial charge >= 0.3 is 0 Å². The molecule has 0 spiro atoms. The maximum atomic E-state index is 12.3. The molecule has 2 aromatic carbocycles. The number of benzene rings is 2. The number of phenolic OH excluding ortho intramolecular Hbond substituents is 2. The van der Waals surface area contributed by atoms with Crippen LogP contribution in [0.5, 0.6) is 11.5 Å². The molecule has 3 N–H and O–H groups in total. The van der Waals surface area contributed by atoms with Gasteiger partial charge in [0.25, 0.3) is 5.91 Å². The molecule has 166 valence electrons. The van der Waals surface area contributed by atoms with Crippen LogP contribution in [0.2, 0.25) is 0 Å². The van der Waals surface area contributed by atoms with Gasteiger partial charge in [0.05, 0.1) is 12.0 Å². The highest BCUT2D eigenvalue weighted by Gasteiger charge is 2.17. The molecule has 4 rings (SSSR count). The number of carbonyl (C=O) groups is 1. The first kappa shape index (κ1) is 22.0. The Hall–Kier alpha value is -4.18. The van der Waals surface area contributed by atoms with Gasteiger partial charge in [0, 0.05) is 23.6 Å². The van der Waals surface area contributed by atoms with Crippen LogP contribution in [0.1, 0.15) is 11.1 Å². The highest BCUT2D eigenvalue weighted by atomic mass is 32.2. The second-order valence-electron chi connectivity index (χ2n) is 7.04. The Kier molecular flexibility index (Phi) is 6.65. The zero-order valence-electron chi connectivity index (χ0n) is 17.6. The smallest absolute Gasteiger partial charge is 0.250 e. The van der Waals surface area contributed by atoms with Crippen LogP contribution in [0, 0.1) is 6.92 Å². The Labute approximate surface area is 193 Å². The summed E-state index contributed by atoms with van der Waals surface area (Å²) in [5.74, 6) is -0.103. The van der Waals surface area contributed by atoms with E-state index < -0.39 is 0 Å². The van der Waals surface area contributed by atoms with Gasteiger partial charge in [0.2, 0.25) is 0 Å². The van der Waals surface area contributed by atoms with Crippen LogP contribution in [0.25, 0.3) is 17.1 Å². The highest BCUT2D eigenvalue weighted by Crippen LogP contribution is 2.28. The minimum absolute atomic E-state index is 0.0680. The van der Waals surface area contributed by atoms with Gasteiger partial charge in [-0.1, -0.05) is 29.5 Å². The molecule has 9 nitrogen and oxygen atoms in total. The number of nitrogens with one attached hydrogen (secondary N) is 1. The molecule has 2 heterocycles. The van der Waals surface area contributed by atoms with E-state index in [1.807, 2.05) is 47.9 Å². The number of pyridine rings is 1. The number of hydrogen-bond acceptors (Lipinski definition) is 8. The number of phenols is 2. The summed E-state index contributed by atoms with van der Waals surface area (Å²) in [4.78, 5) is 16.4. The number of hydrogen-bond donors (Lipinski definition) is 3. The lowest BCUT2D eigenvalue weighted by Crippen LogP contribution is -2.20. The molecule has 0 bridgehead atoms. The third kappa shape index (κ3) is 5.36. The molecule has 0 fully saturated rings. The van der Waals surface area contributed by atoms with Crippen LogP contribution in [0.4, 0.5) is 0 Å². The molecule has 1 amide bonds. The minimum atomic E-state index is -0.330. The lowest BCUT2D eigenvalue weighted by Gasteiger charge is -2.10. The Balaban J connectivity index is 1.49. The predicted molar refractivity (Wildman–Crippen MR) is 126 cm³/mol. The Morgan fingerprint density at radius 1 is 1.06 bits per heavy atom. The first-order valence-corrected chi connectivity index (χ1v) is 10.9. The van der Waals surface area contributed by atoms with Crippen molar-refractivity contribution in [2.45, 2.75) is 12.1 Å². The monoisotopic (exact) mass is 460 g/mol. The number of aromatic hydroxyl groups is 2. The van der Waals surface area contributed by atoms with E-state index in [0.29, 0.717) is 16.5 Å². The highest BCUT2D eigenvalue weighted by molar-refractivity contribution is 7.99. The third-order valence-corrected chi connectivity index (χ3v) is 5.53. The van der Waals surface area contributed by atoms with Crippen LogP contribution < -0.4 is 5.43 Å². The second kappa shape index (κ2) is 9.96. The van der Waals surface area contributed by atoms with Crippen molar-refractivity contribution in [3.63, 3.8) is 0 Å². The maximum absolute atomic E-state index is 12.3. The molecule has 0 aliphatic carbocycles. The van der Waals surface area contributed by atoms with Gasteiger partial charge in [-0.3, -0.25) is 14.3 Å². The number of rotatable bonds is 7. The van der Waals surface area contributed by atoms with Crippen molar-refractivity contribution < 1.29 is 15.0 Å². The Morgan fingerprint density at radius 2 is 1.82 bits per heavy atom. The lowest BCUT2D eigenvalue weighted by molar-refractivity contribution is -0.118. The third-order valence-electron chi connectivity index (χ3n) is 4.60. The van der Waals surface area contributed by atoms with E-state index in [-0.39, 0.29) is 23.2 Å². The molecule has 0 atom stereocenters. The Morgan fingerprint density at radius 3 is 2.55 bits per heavy atom. The fourth-order valence-corrected chi connectivity index (χ4v) is 3.68. The number of hydrazone groups is 1. The molecule has 0 saturated heterocycles. The van der Waals surface area contributed by atoms with Gasteiger partial charge in [-0.25, -0.2) is 5.43 Å². The van der Waals surface area contributed by atoms with Gasteiger partial charge in [0.15, 0.2) is 22.5 Å². The van der Waals surface area contributed by atoms with Gasteiger partial charge < -0.3 is 10.2 Å². The first-order valence-electron chi connectivity index (χ1n) is 9.91. The first-order chi connectivity index (χ1) is 16.0. The maximum Gasteiger partial charge on any atom is 0.250 e. The number of nitrogens with zero attached hydrogens (tertiary/aromatic N) is 5. The molecule has 0 aliphatic heterocycles. The fraction of sp³-hybridized carbons (Fsp3) is 0.0870. The van der Waals surface area contributed by atoms with Gasteiger partial charge in [0.1, 0.15) is 0 Å². The van der Waals surface area contributed by atoms with Crippen LogP contribution in [-0.4, -0.2) is 47.8 Å². The van der Waals surface area contributed by atoms with E-state index in [4.69, 9.17) is 0 Å². The zero-order valence-corrected chi connectivity index (χ0v) is 18.4. The van der Waals surface area contributed by atoms with E-state index in [9.17, 15) is 15.0 Å². The van der Waals surface area contributed by atoms with Crippen molar-refractivity contribution in [3.8, 4) is 28.6 Å². The summed E-state index contributed by atoms with van der Waals surface area (Å²) in [6.45, 7) is 2.01. The summed E-state index contributed by atoms with van der Waals surface area (Å²) in [7, 11) is 0. The largest absolute Gasteiger partial charge is 0.504 e. The van der Waals surface area contributed by atoms with Crippen LogP contribution in [-0.2, 0) is 4.79 Å². The zero-order chi connectivity index (χ0) is 23.2. The van der Waals surface area contributed by atoms with Crippen molar-refractivity contribution in [3.05, 3.63) is 78.1 Å². The van der Waals surface area contributed by atoms with Crippen molar-refractivity contribution in [1.82, 2.24) is 25.2 Å². The van der Waals surface area contributed by atoms with E-state index >= 15 is 0 Å². The predicted octanol–water partition coefficient (Wildman–Crippen LogP) is 3.29. The summed E-state index contributed by atoms with van der Waals surface area (Å²) in [6, 6.07) is 15.9. The van der Waals surface area contributed by atoms with Crippen molar-refractivity contribution >= 4 is 23.9 Å². The van der Waals surface area contributed by atoms with Crippen LogP contribution >= 0.6 is 11.8 Å². The normalized spacial score (nSPS) is 11.1. The van der Waals surface area contributed by atoms with Crippen LogP contribution in [0.15, 0.2) is 77.2 Å². The van der Waals surface area contributed by atoms with E-state index in [1.165, 1.54) is 30.1 Å². The van der Waals surface area contributed by atoms with E-state index in [2.05, 4.69) is 25.7 Å². The van der Waals surface area contributed by atoms with Gasteiger partial charge in [-0.15, -0.1) is 10.2 Å². The van der Waals surface area contributed by atoms with Gasteiger partial charge in [-0.05, 0) is 55.0 Å². The average Bonchev–Trinajstić information content (AvgIpc) is 3.25. The number of carbonyl (C=O) groups excluding carboxylic acids is 1. The molecule has 2 aromatic heterocycles. The van der Waals surface area contributed by atoms with E-state index in [0.717, 1.165) is 16.8 Å². The van der Waals surface area contributed by atoms with Crippen molar-refractivity contribution in [2.75, 3.05) is 5.75 Å². The van der Waals surface area contributed by atoms with Gasteiger partial charge in [-0.2, -0.15) is 5.10 Å². The SMILES string of the molecule is Cc1ccc(-n2c(SCC(=O)N/N=C\c3ccc(O)c(O)c3)nnc2-c2ccncc2)cc1. The average molecular weight is 461 g/mol. The van der Waals surface area contributed by atoms with Crippen molar-refractivity contribution in [2.24, 2.45) is 5.10 Å². The summed E-state index contributed by atoms with van der Waals surface area (Å²) >= 11 is 1.24. The summed E-state index contributed by atoms with van der Waals surface area (Å²) in [5, 5.41) is 31.9. The number of aromatic nitrogens is 4. The summed E-state index contributed by atoms with van der Waals surface area (Å²) < 4.78 is 1.90. The van der Waals surface area contributed by atoms with Crippen molar-refractivity contribution in [1.29, 1.82) is 0 Å².